The maximum Gasteiger partial charge on any atom is 0.138 e. The predicted molar refractivity (Wildman–Crippen MR) is 89.6 cm³/mol. The molecule has 0 fully saturated rings. The van der Waals surface area contributed by atoms with Gasteiger partial charge in [-0.2, -0.15) is 0 Å². The van der Waals surface area contributed by atoms with Crippen molar-refractivity contribution < 1.29 is 0 Å². The van der Waals surface area contributed by atoms with Crippen molar-refractivity contribution in [2.24, 2.45) is 0 Å². The Morgan fingerprint density at radius 2 is 1.90 bits per heavy atom. The predicted octanol–water partition coefficient (Wildman–Crippen LogP) is 5.04. The molecule has 2 aromatic rings. The number of anilines is 2. The average molecular weight is 304 g/mol. The monoisotopic (exact) mass is 303 g/mol. The number of aryl methyl sites for hydroxylation is 1. The van der Waals surface area contributed by atoms with Crippen LogP contribution in [-0.4, -0.2) is 9.97 Å². The number of halogens is 1. The first kappa shape index (κ1) is 15.8. The first-order chi connectivity index (χ1) is 9.81. The van der Waals surface area contributed by atoms with Gasteiger partial charge in [-0.15, -0.1) is 0 Å². The first-order valence-electron chi connectivity index (χ1n) is 7.22. The van der Waals surface area contributed by atoms with E-state index in [1.165, 1.54) is 5.56 Å². The second kappa shape index (κ2) is 6.02. The van der Waals surface area contributed by atoms with Crippen molar-refractivity contribution in [2.45, 2.75) is 46.5 Å². The van der Waals surface area contributed by atoms with Crippen molar-refractivity contribution in [3.05, 3.63) is 46.4 Å². The van der Waals surface area contributed by atoms with Crippen molar-refractivity contribution in [1.29, 1.82) is 0 Å². The molecule has 21 heavy (non-hydrogen) atoms. The van der Waals surface area contributed by atoms with Crippen LogP contribution >= 0.6 is 11.6 Å². The van der Waals surface area contributed by atoms with Gasteiger partial charge in [0.1, 0.15) is 16.8 Å². The average Bonchev–Trinajstić information content (AvgIpc) is 2.42. The molecule has 112 valence electrons. The molecule has 1 aromatic carbocycles. The maximum absolute atomic E-state index is 6.26. The van der Waals surface area contributed by atoms with Crippen molar-refractivity contribution in [1.82, 2.24) is 9.97 Å². The van der Waals surface area contributed by atoms with Crippen LogP contribution in [0.4, 0.5) is 11.5 Å². The third kappa shape index (κ3) is 3.73. The Bertz CT molecular complexity index is 645. The molecule has 0 atom stereocenters. The molecule has 0 bridgehead atoms. The Kier molecular flexibility index (Phi) is 4.52. The van der Waals surface area contributed by atoms with Crippen LogP contribution in [0, 0.1) is 6.92 Å². The topological polar surface area (TPSA) is 37.8 Å². The summed E-state index contributed by atoms with van der Waals surface area (Å²) in [4.78, 5) is 9.04. The molecule has 0 saturated carbocycles. The van der Waals surface area contributed by atoms with Crippen LogP contribution in [0.15, 0.2) is 24.3 Å². The van der Waals surface area contributed by atoms with Crippen LogP contribution in [0.1, 0.15) is 44.6 Å². The molecule has 4 heteroatoms. The molecule has 1 N–H and O–H groups in total. The molecule has 0 saturated heterocycles. The molecule has 1 heterocycles. The number of nitrogens with zero attached hydrogens (tertiary/aromatic N) is 2. The minimum absolute atomic E-state index is 0.140. The molecule has 2 rings (SSSR count). The van der Waals surface area contributed by atoms with E-state index in [0.717, 1.165) is 29.3 Å². The second-order valence-corrected chi connectivity index (χ2v) is 6.60. The highest BCUT2D eigenvalue weighted by Crippen LogP contribution is 2.28. The number of rotatable bonds is 3. The summed E-state index contributed by atoms with van der Waals surface area (Å²) in [7, 11) is 0. The zero-order valence-electron chi connectivity index (χ0n) is 13.3. The lowest BCUT2D eigenvalue weighted by molar-refractivity contribution is 0.545. The molecule has 0 amide bonds. The summed E-state index contributed by atoms with van der Waals surface area (Å²) in [5.74, 6) is 1.51. The highest BCUT2D eigenvalue weighted by molar-refractivity contribution is 6.30. The van der Waals surface area contributed by atoms with Gasteiger partial charge in [0.05, 0.1) is 0 Å². The van der Waals surface area contributed by atoms with E-state index in [0.29, 0.717) is 5.15 Å². The lowest BCUT2D eigenvalue weighted by Crippen LogP contribution is -2.17. The Morgan fingerprint density at radius 3 is 2.52 bits per heavy atom. The molecule has 3 nitrogen and oxygen atoms in total. The standard InChI is InChI=1S/C17H22ClN3/c1-6-12-8-7-9-13(10-12)19-15-11(2)14(18)20-16(21-15)17(3,4)5/h7-10H,6H2,1-5H3,(H,19,20,21). The van der Waals surface area contributed by atoms with Crippen LogP contribution in [0.5, 0.6) is 0 Å². The Morgan fingerprint density at radius 1 is 1.19 bits per heavy atom. The fourth-order valence-corrected chi connectivity index (χ4v) is 2.12. The first-order valence-corrected chi connectivity index (χ1v) is 7.59. The smallest absolute Gasteiger partial charge is 0.138 e. The molecule has 0 spiro atoms. The SMILES string of the molecule is CCc1cccc(Nc2nc(C(C)(C)C)nc(Cl)c2C)c1. The molecular weight excluding hydrogens is 282 g/mol. The van der Waals surface area contributed by atoms with Gasteiger partial charge in [0, 0.05) is 16.7 Å². The number of benzene rings is 1. The van der Waals surface area contributed by atoms with Gasteiger partial charge in [-0.3, -0.25) is 0 Å². The van der Waals surface area contributed by atoms with Gasteiger partial charge in [-0.05, 0) is 31.0 Å². The van der Waals surface area contributed by atoms with Gasteiger partial charge in [0.15, 0.2) is 0 Å². The van der Waals surface area contributed by atoms with Crippen molar-refractivity contribution in [3.8, 4) is 0 Å². The third-order valence-corrected chi connectivity index (χ3v) is 3.72. The van der Waals surface area contributed by atoms with Gasteiger partial charge in [0.2, 0.25) is 0 Å². The molecular formula is C17H22ClN3. The summed E-state index contributed by atoms with van der Waals surface area (Å²) in [5.41, 5.74) is 3.03. The Balaban J connectivity index is 2.41. The highest BCUT2D eigenvalue weighted by atomic mass is 35.5. The zero-order valence-corrected chi connectivity index (χ0v) is 14.0. The minimum atomic E-state index is -0.140. The van der Waals surface area contributed by atoms with E-state index >= 15 is 0 Å². The Labute approximate surface area is 131 Å². The summed E-state index contributed by atoms with van der Waals surface area (Å²) in [6.07, 6.45) is 1.01. The summed E-state index contributed by atoms with van der Waals surface area (Å²) in [6.45, 7) is 10.3. The molecule has 0 unspecified atom stereocenters. The Hall–Kier alpha value is -1.61. The minimum Gasteiger partial charge on any atom is -0.340 e. The molecule has 1 aromatic heterocycles. The van der Waals surface area contributed by atoms with Gasteiger partial charge in [0.25, 0.3) is 0 Å². The van der Waals surface area contributed by atoms with Gasteiger partial charge in [-0.25, -0.2) is 9.97 Å². The fourth-order valence-electron chi connectivity index (χ4n) is 1.95. The number of aromatic nitrogens is 2. The second-order valence-electron chi connectivity index (χ2n) is 6.24. The van der Waals surface area contributed by atoms with E-state index in [1.54, 1.807) is 0 Å². The van der Waals surface area contributed by atoms with Gasteiger partial charge in [-0.1, -0.05) is 51.4 Å². The zero-order chi connectivity index (χ0) is 15.6. The summed E-state index contributed by atoms with van der Waals surface area (Å²) >= 11 is 6.26. The number of hydrogen-bond acceptors (Lipinski definition) is 3. The molecule has 0 aliphatic carbocycles. The van der Waals surface area contributed by atoms with Crippen LogP contribution in [0.3, 0.4) is 0 Å². The van der Waals surface area contributed by atoms with Gasteiger partial charge >= 0.3 is 0 Å². The van der Waals surface area contributed by atoms with E-state index in [9.17, 15) is 0 Å². The normalized spacial score (nSPS) is 11.5. The van der Waals surface area contributed by atoms with Crippen LogP contribution in [0.25, 0.3) is 0 Å². The maximum atomic E-state index is 6.26. The van der Waals surface area contributed by atoms with Gasteiger partial charge < -0.3 is 5.32 Å². The van der Waals surface area contributed by atoms with Crippen LogP contribution in [-0.2, 0) is 11.8 Å². The van der Waals surface area contributed by atoms with Crippen molar-refractivity contribution in [3.63, 3.8) is 0 Å². The fraction of sp³-hybridized carbons (Fsp3) is 0.412. The van der Waals surface area contributed by atoms with Crippen molar-refractivity contribution >= 4 is 23.1 Å². The van der Waals surface area contributed by atoms with E-state index in [-0.39, 0.29) is 5.41 Å². The third-order valence-electron chi connectivity index (χ3n) is 3.36. The summed E-state index contributed by atoms with van der Waals surface area (Å²) in [5, 5.41) is 3.87. The van der Waals surface area contributed by atoms with E-state index in [1.807, 2.05) is 19.1 Å². The van der Waals surface area contributed by atoms with E-state index in [4.69, 9.17) is 11.6 Å². The molecule has 0 radical (unpaired) electrons. The van der Waals surface area contributed by atoms with Crippen LogP contribution < -0.4 is 5.32 Å². The molecule has 0 aliphatic heterocycles. The summed E-state index contributed by atoms with van der Waals surface area (Å²) in [6, 6.07) is 8.33. The van der Waals surface area contributed by atoms with Crippen LogP contribution in [0.2, 0.25) is 5.15 Å². The highest BCUT2D eigenvalue weighted by Gasteiger charge is 2.20. The lowest BCUT2D eigenvalue weighted by atomic mass is 9.95. The summed E-state index contributed by atoms with van der Waals surface area (Å²) < 4.78 is 0. The molecule has 0 aliphatic rings. The van der Waals surface area contributed by atoms with E-state index < -0.39 is 0 Å². The lowest BCUT2D eigenvalue weighted by Gasteiger charge is -2.19. The number of hydrogen-bond donors (Lipinski definition) is 1. The van der Waals surface area contributed by atoms with Crippen molar-refractivity contribution in [2.75, 3.05) is 5.32 Å². The number of nitrogens with one attached hydrogen (secondary N) is 1. The largest absolute Gasteiger partial charge is 0.340 e. The van der Waals surface area contributed by atoms with E-state index in [2.05, 4.69) is 55.1 Å². The quantitative estimate of drug-likeness (QED) is 0.807.